The molecule has 1 aliphatic heterocycles. The van der Waals surface area contributed by atoms with Gasteiger partial charge in [-0.1, -0.05) is 18.2 Å². The molecule has 1 aliphatic rings. The predicted molar refractivity (Wildman–Crippen MR) is 91.9 cm³/mol. The molecule has 0 aliphatic carbocycles. The van der Waals surface area contributed by atoms with Crippen molar-refractivity contribution >= 4 is 23.3 Å². The van der Waals surface area contributed by atoms with Crippen LogP contribution in [0.1, 0.15) is 19.1 Å². The third kappa shape index (κ3) is 3.88. The minimum atomic E-state index is -0.614. The first-order valence-corrected chi connectivity index (χ1v) is 8.08. The molecule has 0 spiro atoms. The number of furan rings is 1. The number of nitrogens with zero attached hydrogens (tertiary/aromatic N) is 2. The summed E-state index contributed by atoms with van der Waals surface area (Å²) in [5.74, 6) is -0.0720. The third-order valence-corrected chi connectivity index (χ3v) is 3.76. The van der Waals surface area contributed by atoms with Gasteiger partial charge in [0.2, 0.25) is 5.91 Å². The molecule has 2 heterocycles. The van der Waals surface area contributed by atoms with E-state index in [0.717, 1.165) is 5.69 Å². The highest BCUT2D eigenvalue weighted by Gasteiger charge is 2.36. The molecule has 1 N–H and O–H groups in total. The topological polar surface area (TPSA) is 84.1 Å². The van der Waals surface area contributed by atoms with Gasteiger partial charge in [0, 0.05) is 6.42 Å². The molecular formula is C18H19N3O4. The molecule has 0 saturated carbocycles. The van der Waals surface area contributed by atoms with Crippen molar-refractivity contribution in [3.63, 3.8) is 0 Å². The lowest BCUT2D eigenvalue weighted by Gasteiger charge is -2.22. The number of amides is 1. The number of rotatable bonds is 6. The summed E-state index contributed by atoms with van der Waals surface area (Å²) in [5.41, 5.74) is 0.976. The predicted octanol–water partition coefficient (Wildman–Crippen LogP) is 2.09. The molecule has 7 heteroatoms. The lowest BCUT2D eigenvalue weighted by atomic mass is 10.1. The Labute approximate surface area is 145 Å². The lowest BCUT2D eigenvalue weighted by Crippen LogP contribution is -2.42. The van der Waals surface area contributed by atoms with Crippen LogP contribution in [0, 0.1) is 0 Å². The van der Waals surface area contributed by atoms with Gasteiger partial charge in [-0.2, -0.15) is 5.10 Å². The number of carbonyl (C=O) groups is 2. The quantitative estimate of drug-likeness (QED) is 0.814. The van der Waals surface area contributed by atoms with Crippen LogP contribution in [0.15, 0.2) is 58.2 Å². The Hall–Kier alpha value is -3.09. The maximum Gasteiger partial charge on any atom is 0.354 e. The summed E-state index contributed by atoms with van der Waals surface area (Å²) in [6.45, 7) is 2.27. The standard InChI is InChI=1S/C18H19N3O4/c1-2-24-18(23)15-11-16(17(22)19-12-14-9-6-10-25-14)21(20-15)13-7-4-3-5-8-13/h3-10,16H,2,11-12H2,1H3,(H,19,22)/t16-/m1/s1. The van der Waals surface area contributed by atoms with Crippen molar-refractivity contribution in [3.8, 4) is 0 Å². The van der Waals surface area contributed by atoms with Crippen molar-refractivity contribution < 1.29 is 18.7 Å². The molecular weight excluding hydrogens is 322 g/mol. The second-order valence-corrected chi connectivity index (χ2v) is 5.46. The van der Waals surface area contributed by atoms with Gasteiger partial charge in [0.25, 0.3) is 0 Å². The van der Waals surface area contributed by atoms with Gasteiger partial charge >= 0.3 is 5.97 Å². The molecule has 1 amide bonds. The van der Waals surface area contributed by atoms with E-state index in [4.69, 9.17) is 9.15 Å². The molecule has 130 valence electrons. The fraction of sp³-hybridized carbons (Fsp3) is 0.278. The van der Waals surface area contributed by atoms with Crippen molar-refractivity contribution in [2.45, 2.75) is 25.9 Å². The van der Waals surface area contributed by atoms with Gasteiger partial charge in [0.15, 0.2) is 0 Å². The second kappa shape index (κ2) is 7.65. The Morgan fingerprint density at radius 3 is 2.76 bits per heavy atom. The number of benzene rings is 1. The first-order chi connectivity index (χ1) is 12.2. The van der Waals surface area contributed by atoms with Crippen LogP contribution < -0.4 is 10.3 Å². The van der Waals surface area contributed by atoms with Crippen molar-refractivity contribution in [1.82, 2.24) is 5.32 Å². The maximum atomic E-state index is 12.6. The van der Waals surface area contributed by atoms with Gasteiger partial charge in [-0.05, 0) is 31.2 Å². The molecule has 1 aromatic heterocycles. The number of esters is 1. The summed E-state index contributed by atoms with van der Waals surface area (Å²) in [5, 5.41) is 8.69. The third-order valence-electron chi connectivity index (χ3n) is 3.76. The number of hydrogen-bond acceptors (Lipinski definition) is 6. The molecule has 0 radical (unpaired) electrons. The van der Waals surface area contributed by atoms with Crippen LogP contribution in [0.4, 0.5) is 5.69 Å². The number of hydrazone groups is 1. The van der Waals surface area contributed by atoms with Gasteiger partial charge in [-0.25, -0.2) is 4.79 Å². The number of anilines is 1. The fourth-order valence-corrected chi connectivity index (χ4v) is 2.58. The van der Waals surface area contributed by atoms with E-state index in [9.17, 15) is 9.59 Å². The molecule has 7 nitrogen and oxygen atoms in total. The molecule has 2 aromatic rings. The Morgan fingerprint density at radius 1 is 1.28 bits per heavy atom. The Balaban J connectivity index is 1.76. The van der Waals surface area contributed by atoms with E-state index in [1.54, 1.807) is 30.3 Å². The zero-order valence-electron chi connectivity index (χ0n) is 13.8. The molecule has 1 atom stereocenters. The molecule has 0 bridgehead atoms. The zero-order chi connectivity index (χ0) is 17.6. The van der Waals surface area contributed by atoms with Crippen molar-refractivity contribution in [3.05, 3.63) is 54.5 Å². The fourth-order valence-electron chi connectivity index (χ4n) is 2.58. The number of hydrogen-bond donors (Lipinski definition) is 1. The first-order valence-electron chi connectivity index (χ1n) is 8.08. The van der Waals surface area contributed by atoms with Crippen LogP contribution in [-0.4, -0.2) is 30.2 Å². The van der Waals surface area contributed by atoms with Crippen molar-refractivity contribution in [2.24, 2.45) is 5.10 Å². The average molecular weight is 341 g/mol. The summed E-state index contributed by atoms with van der Waals surface area (Å²) in [6, 6.07) is 12.2. The molecule has 1 aromatic carbocycles. The molecule has 3 rings (SSSR count). The van der Waals surface area contributed by atoms with Crippen molar-refractivity contribution in [1.29, 1.82) is 0 Å². The Kier molecular flexibility index (Phi) is 5.13. The molecule has 0 fully saturated rings. The lowest BCUT2D eigenvalue weighted by molar-refractivity contribution is -0.135. The highest BCUT2D eigenvalue weighted by Crippen LogP contribution is 2.25. The van der Waals surface area contributed by atoms with Crippen molar-refractivity contribution in [2.75, 3.05) is 11.6 Å². The van der Waals surface area contributed by atoms with E-state index in [1.807, 2.05) is 30.3 Å². The number of nitrogens with one attached hydrogen (secondary N) is 1. The zero-order valence-corrected chi connectivity index (χ0v) is 13.8. The van der Waals surface area contributed by atoms with Gasteiger partial charge in [-0.3, -0.25) is 9.80 Å². The number of ether oxygens (including phenoxy) is 1. The highest BCUT2D eigenvalue weighted by molar-refractivity contribution is 6.38. The second-order valence-electron chi connectivity index (χ2n) is 5.46. The van der Waals surface area contributed by atoms with Crippen LogP contribution in [0.3, 0.4) is 0 Å². The monoisotopic (exact) mass is 341 g/mol. The summed E-state index contributed by atoms with van der Waals surface area (Å²) in [7, 11) is 0. The van der Waals surface area contributed by atoms with E-state index in [1.165, 1.54) is 0 Å². The minimum Gasteiger partial charge on any atom is -0.467 e. The van der Waals surface area contributed by atoms with E-state index in [0.29, 0.717) is 5.76 Å². The van der Waals surface area contributed by atoms with Crippen LogP contribution in [-0.2, 0) is 20.9 Å². The van der Waals surface area contributed by atoms with E-state index in [2.05, 4.69) is 10.4 Å². The number of carbonyl (C=O) groups excluding carboxylic acids is 2. The summed E-state index contributed by atoms with van der Waals surface area (Å²) >= 11 is 0. The molecule has 0 saturated heterocycles. The van der Waals surface area contributed by atoms with Gasteiger partial charge in [0.1, 0.15) is 17.5 Å². The minimum absolute atomic E-state index is 0.192. The van der Waals surface area contributed by atoms with E-state index >= 15 is 0 Å². The van der Waals surface area contributed by atoms with Crippen LogP contribution in [0.2, 0.25) is 0 Å². The summed E-state index contributed by atoms with van der Waals surface area (Å²) in [4.78, 5) is 24.6. The first kappa shape index (κ1) is 16.8. The molecule has 0 unspecified atom stereocenters. The van der Waals surface area contributed by atoms with Gasteiger partial charge < -0.3 is 14.5 Å². The van der Waals surface area contributed by atoms with Gasteiger partial charge in [-0.15, -0.1) is 0 Å². The maximum absolute atomic E-state index is 12.6. The summed E-state index contributed by atoms with van der Waals surface area (Å²) in [6.07, 6.45) is 1.74. The van der Waals surface area contributed by atoms with E-state index < -0.39 is 12.0 Å². The van der Waals surface area contributed by atoms with Gasteiger partial charge in [0.05, 0.1) is 25.1 Å². The Morgan fingerprint density at radius 2 is 2.08 bits per heavy atom. The van der Waals surface area contributed by atoms with Crippen LogP contribution >= 0.6 is 0 Å². The summed E-state index contributed by atoms with van der Waals surface area (Å²) < 4.78 is 10.2. The normalized spacial score (nSPS) is 16.4. The Bertz CT molecular complexity index is 756. The SMILES string of the molecule is CCOC(=O)C1=NN(c2ccccc2)[C@@H](C(=O)NCc2ccco2)C1. The highest BCUT2D eigenvalue weighted by atomic mass is 16.5. The van der Waals surface area contributed by atoms with E-state index in [-0.39, 0.29) is 31.2 Å². The van der Waals surface area contributed by atoms with Crippen LogP contribution in [0.25, 0.3) is 0 Å². The molecule has 25 heavy (non-hydrogen) atoms. The number of para-hydroxylation sites is 1. The average Bonchev–Trinajstić information content (AvgIpc) is 3.30. The van der Waals surface area contributed by atoms with Crippen LogP contribution in [0.5, 0.6) is 0 Å². The largest absolute Gasteiger partial charge is 0.467 e. The smallest absolute Gasteiger partial charge is 0.354 e.